The van der Waals surface area contributed by atoms with Gasteiger partial charge in [-0.15, -0.1) is 0 Å². The summed E-state index contributed by atoms with van der Waals surface area (Å²) in [7, 11) is 0. The average Bonchev–Trinajstić information content (AvgIpc) is 2.92. The molecule has 0 spiro atoms. The first-order valence-electron chi connectivity index (χ1n) is 9.15. The minimum Gasteiger partial charge on any atom is -0.341 e. The van der Waals surface area contributed by atoms with Gasteiger partial charge in [-0.25, -0.2) is 4.39 Å². The third-order valence-electron chi connectivity index (χ3n) is 4.97. The number of likely N-dealkylation sites (tertiary alicyclic amines) is 1. The Kier molecular flexibility index (Phi) is 5.85. The van der Waals surface area contributed by atoms with Gasteiger partial charge in [0.05, 0.1) is 0 Å². The molecule has 0 atom stereocenters. The molecular weight excluding hydrogens is 337 g/mol. The van der Waals surface area contributed by atoms with Gasteiger partial charge in [0.25, 0.3) is 0 Å². The number of hydrogen-bond donors (Lipinski definition) is 0. The van der Waals surface area contributed by atoms with E-state index in [2.05, 4.69) is 0 Å². The molecule has 3 amide bonds. The van der Waals surface area contributed by atoms with E-state index in [1.165, 1.54) is 21.9 Å². The first-order valence-corrected chi connectivity index (χ1v) is 9.15. The van der Waals surface area contributed by atoms with Crippen LogP contribution in [0.4, 0.5) is 4.39 Å². The van der Waals surface area contributed by atoms with Crippen molar-refractivity contribution in [1.29, 1.82) is 0 Å². The molecule has 7 heteroatoms. The number of nitrogens with zero attached hydrogens (tertiary/aromatic N) is 3. The molecule has 0 saturated carbocycles. The second-order valence-corrected chi connectivity index (χ2v) is 6.87. The number of benzene rings is 1. The van der Waals surface area contributed by atoms with Crippen molar-refractivity contribution in [1.82, 2.24) is 14.7 Å². The van der Waals surface area contributed by atoms with Gasteiger partial charge >= 0.3 is 11.8 Å². The van der Waals surface area contributed by atoms with Crippen molar-refractivity contribution in [3.05, 3.63) is 35.6 Å². The monoisotopic (exact) mass is 361 g/mol. The van der Waals surface area contributed by atoms with Gasteiger partial charge in [-0.2, -0.15) is 0 Å². The van der Waals surface area contributed by atoms with Crippen LogP contribution < -0.4 is 0 Å². The van der Waals surface area contributed by atoms with E-state index in [1.807, 2.05) is 0 Å². The number of amides is 3. The van der Waals surface area contributed by atoms with Gasteiger partial charge < -0.3 is 14.7 Å². The summed E-state index contributed by atoms with van der Waals surface area (Å²) in [6, 6.07) is 5.86. The molecule has 2 aliphatic heterocycles. The number of halogens is 1. The minimum absolute atomic E-state index is 0.0328. The molecule has 0 bridgehead atoms. The Balaban J connectivity index is 1.56. The maximum atomic E-state index is 13.0. The lowest BCUT2D eigenvalue weighted by atomic mass is 10.2. The molecule has 0 aliphatic carbocycles. The summed E-state index contributed by atoms with van der Waals surface area (Å²) in [6.07, 6.45) is 4.24. The molecule has 3 rings (SSSR count). The molecule has 2 fully saturated rings. The smallest absolute Gasteiger partial charge is 0.312 e. The van der Waals surface area contributed by atoms with E-state index in [0.29, 0.717) is 13.1 Å². The lowest BCUT2D eigenvalue weighted by molar-refractivity contribution is -0.158. The van der Waals surface area contributed by atoms with Crippen molar-refractivity contribution >= 4 is 17.7 Å². The zero-order valence-electron chi connectivity index (χ0n) is 14.8. The van der Waals surface area contributed by atoms with Gasteiger partial charge in [-0.3, -0.25) is 14.4 Å². The standard InChI is InChI=1S/C19H24FN3O3/c20-16-7-5-15(6-8-16)13-22-11-12-23(19(26)18(22)25)14-17(24)21-9-3-1-2-4-10-21/h5-8H,1-4,9-14H2. The maximum absolute atomic E-state index is 13.0. The molecule has 2 heterocycles. The topological polar surface area (TPSA) is 60.9 Å². The second kappa shape index (κ2) is 8.29. The summed E-state index contributed by atoms with van der Waals surface area (Å²) in [5.41, 5.74) is 0.765. The molecule has 0 aromatic heterocycles. The van der Waals surface area contributed by atoms with Gasteiger partial charge in [0.15, 0.2) is 0 Å². The summed E-state index contributed by atoms with van der Waals surface area (Å²) < 4.78 is 13.0. The molecule has 0 N–H and O–H groups in total. The van der Waals surface area contributed by atoms with E-state index in [1.54, 1.807) is 17.0 Å². The van der Waals surface area contributed by atoms with Crippen LogP contribution in [0.15, 0.2) is 24.3 Å². The third-order valence-corrected chi connectivity index (χ3v) is 4.97. The van der Waals surface area contributed by atoms with Crippen molar-refractivity contribution in [2.24, 2.45) is 0 Å². The lowest BCUT2D eigenvalue weighted by Gasteiger charge is -2.34. The van der Waals surface area contributed by atoms with Crippen molar-refractivity contribution in [2.45, 2.75) is 32.2 Å². The second-order valence-electron chi connectivity index (χ2n) is 6.87. The summed E-state index contributed by atoms with van der Waals surface area (Å²) in [5, 5.41) is 0. The quantitative estimate of drug-likeness (QED) is 0.762. The summed E-state index contributed by atoms with van der Waals surface area (Å²) >= 11 is 0. The van der Waals surface area contributed by atoms with Crippen LogP contribution >= 0.6 is 0 Å². The largest absolute Gasteiger partial charge is 0.341 e. The zero-order chi connectivity index (χ0) is 18.5. The molecule has 26 heavy (non-hydrogen) atoms. The number of hydrogen-bond acceptors (Lipinski definition) is 3. The Hall–Kier alpha value is -2.44. The van der Waals surface area contributed by atoms with Crippen molar-refractivity contribution in [3.8, 4) is 0 Å². The molecule has 1 aromatic rings. The predicted molar refractivity (Wildman–Crippen MR) is 93.4 cm³/mol. The van der Waals surface area contributed by atoms with E-state index in [4.69, 9.17) is 0 Å². The highest BCUT2D eigenvalue weighted by Gasteiger charge is 2.34. The highest BCUT2D eigenvalue weighted by atomic mass is 19.1. The third kappa shape index (κ3) is 4.39. The number of piperazine rings is 1. The van der Waals surface area contributed by atoms with Crippen LogP contribution in [0.5, 0.6) is 0 Å². The lowest BCUT2D eigenvalue weighted by Crippen LogP contribution is -2.56. The molecule has 2 saturated heterocycles. The van der Waals surface area contributed by atoms with Crippen LogP contribution in [0.3, 0.4) is 0 Å². The molecule has 0 radical (unpaired) electrons. The fourth-order valence-electron chi connectivity index (χ4n) is 3.41. The van der Waals surface area contributed by atoms with Gasteiger partial charge in [-0.05, 0) is 30.5 Å². The van der Waals surface area contributed by atoms with Gasteiger partial charge in [-0.1, -0.05) is 25.0 Å². The number of carbonyl (C=O) groups excluding carboxylic acids is 3. The Bertz CT molecular complexity index is 669. The van der Waals surface area contributed by atoms with Crippen LogP contribution in [0.1, 0.15) is 31.2 Å². The van der Waals surface area contributed by atoms with Gasteiger partial charge in [0.2, 0.25) is 5.91 Å². The molecule has 0 unspecified atom stereocenters. The van der Waals surface area contributed by atoms with E-state index in [0.717, 1.165) is 44.3 Å². The van der Waals surface area contributed by atoms with Crippen LogP contribution in [-0.4, -0.2) is 65.1 Å². The first-order chi connectivity index (χ1) is 12.5. The van der Waals surface area contributed by atoms with E-state index >= 15 is 0 Å². The highest BCUT2D eigenvalue weighted by molar-refractivity contribution is 6.35. The SMILES string of the molecule is O=C(CN1CCN(Cc2ccc(F)cc2)C(=O)C1=O)N1CCCCCC1. The van der Waals surface area contributed by atoms with Crippen LogP contribution in [0, 0.1) is 5.82 Å². The highest BCUT2D eigenvalue weighted by Crippen LogP contribution is 2.13. The predicted octanol–water partition coefficient (Wildman–Crippen LogP) is 1.40. The molecule has 140 valence electrons. The van der Waals surface area contributed by atoms with Gasteiger partial charge in [0.1, 0.15) is 12.4 Å². The number of carbonyl (C=O) groups is 3. The van der Waals surface area contributed by atoms with Crippen LogP contribution in [-0.2, 0) is 20.9 Å². The van der Waals surface area contributed by atoms with Gasteiger partial charge in [0, 0.05) is 32.7 Å². The van der Waals surface area contributed by atoms with Crippen LogP contribution in [0.25, 0.3) is 0 Å². The van der Waals surface area contributed by atoms with E-state index in [9.17, 15) is 18.8 Å². The fourth-order valence-corrected chi connectivity index (χ4v) is 3.41. The van der Waals surface area contributed by atoms with Crippen molar-refractivity contribution in [2.75, 3.05) is 32.7 Å². The zero-order valence-corrected chi connectivity index (χ0v) is 14.8. The molecule has 6 nitrogen and oxygen atoms in total. The molecule has 2 aliphatic rings. The van der Waals surface area contributed by atoms with Crippen molar-refractivity contribution < 1.29 is 18.8 Å². The average molecular weight is 361 g/mol. The van der Waals surface area contributed by atoms with Crippen LogP contribution in [0.2, 0.25) is 0 Å². The van der Waals surface area contributed by atoms with E-state index < -0.39 is 11.8 Å². The Morgan fingerprint density at radius 1 is 0.846 bits per heavy atom. The van der Waals surface area contributed by atoms with E-state index in [-0.39, 0.29) is 24.8 Å². The Labute approximate surface area is 152 Å². The minimum atomic E-state index is -0.637. The fraction of sp³-hybridized carbons (Fsp3) is 0.526. The first kappa shape index (κ1) is 18.4. The van der Waals surface area contributed by atoms with Crippen molar-refractivity contribution in [3.63, 3.8) is 0 Å². The summed E-state index contributed by atoms with van der Waals surface area (Å²) in [6.45, 7) is 2.39. The molecular formula is C19H24FN3O3. The molecule has 1 aromatic carbocycles. The summed E-state index contributed by atoms with van der Waals surface area (Å²) in [4.78, 5) is 41.8. The normalized spacial score (nSPS) is 18.9. The maximum Gasteiger partial charge on any atom is 0.312 e. The summed E-state index contributed by atoms with van der Waals surface area (Å²) in [5.74, 6) is -1.67. The Morgan fingerprint density at radius 3 is 2.08 bits per heavy atom. The number of rotatable bonds is 4. The Morgan fingerprint density at radius 2 is 1.42 bits per heavy atom.